The van der Waals surface area contributed by atoms with Crippen LogP contribution in [-0.4, -0.2) is 18.1 Å². The largest absolute Gasteiger partial charge is 0.486 e. The first-order valence-corrected chi connectivity index (χ1v) is 8.09. The van der Waals surface area contributed by atoms with E-state index < -0.39 is 11.5 Å². The summed E-state index contributed by atoms with van der Waals surface area (Å²) in [6, 6.07) is 8.59. The van der Waals surface area contributed by atoms with Crippen LogP contribution in [0.4, 0.5) is 0 Å². The zero-order valence-corrected chi connectivity index (χ0v) is 13.4. The molecule has 1 aliphatic rings. The molecule has 0 saturated carbocycles. The van der Waals surface area contributed by atoms with Crippen LogP contribution < -0.4 is 10.4 Å². The number of rotatable bonds is 4. The van der Waals surface area contributed by atoms with Crippen LogP contribution in [0.3, 0.4) is 0 Å². The Kier molecular flexibility index (Phi) is 4.27. The van der Waals surface area contributed by atoms with Crippen molar-refractivity contribution in [2.75, 3.05) is 12.4 Å². The van der Waals surface area contributed by atoms with Crippen LogP contribution in [0.1, 0.15) is 17.2 Å². The summed E-state index contributed by atoms with van der Waals surface area (Å²) < 4.78 is 10.6. The molecular weight excluding hydrogens is 324 g/mol. The van der Waals surface area contributed by atoms with Gasteiger partial charge in [-0.3, -0.25) is 4.79 Å². The third kappa shape index (κ3) is 3.05. The monoisotopic (exact) mass is 336 g/mol. The van der Waals surface area contributed by atoms with Crippen LogP contribution in [-0.2, 0) is 4.79 Å². The molecule has 2 heterocycles. The first-order valence-electron chi connectivity index (χ1n) is 6.73. The fraction of sp³-hybridized carbons (Fsp3) is 0.250. The van der Waals surface area contributed by atoms with E-state index in [-0.39, 0.29) is 12.4 Å². The van der Waals surface area contributed by atoms with Gasteiger partial charge in [0.15, 0.2) is 5.78 Å². The molecule has 0 bridgehead atoms. The number of carbonyl (C=O) groups excluding carboxylic acids is 1. The van der Waals surface area contributed by atoms with Gasteiger partial charge in [0.05, 0.1) is 11.5 Å². The lowest BCUT2D eigenvalue weighted by Crippen LogP contribution is -2.24. The van der Waals surface area contributed by atoms with Crippen LogP contribution >= 0.6 is 23.4 Å². The maximum atomic E-state index is 12.3. The molecule has 0 saturated heterocycles. The fourth-order valence-electron chi connectivity index (χ4n) is 2.32. The first-order chi connectivity index (χ1) is 10.5. The van der Waals surface area contributed by atoms with Gasteiger partial charge in [-0.25, -0.2) is 4.79 Å². The molecular formula is C16H13ClO4S. The molecule has 0 amide bonds. The number of ketones is 1. The zero-order valence-electron chi connectivity index (χ0n) is 11.8. The zero-order chi connectivity index (χ0) is 15.7. The second kappa shape index (κ2) is 6.18. The highest BCUT2D eigenvalue weighted by Gasteiger charge is 2.33. The van der Waals surface area contributed by atoms with Crippen molar-refractivity contribution in [3.63, 3.8) is 0 Å². The van der Waals surface area contributed by atoms with Gasteiger partial charge in [-0.2, -0.15) is 0 Å². The van der Waals surface area contributed by atoms with Crippen molar-refractivity contribution in [3.05, 3.63) is 57.1 Å². The van der Waals surface area contributed by atoms with E-state index in [1.165, 1.54) is 11.8 Å². The van der Waals surface area contributed by atoms with Crippen LogP contribution in [0.15, 0.2) is 44.4 Å². The molecule has 0 aliphatic carbocycles. The summed E-state index contributed by atoms with van der Waals surface area (Å²) in [7, 11) is 0. The predicted octanol–water partition coefficient (Wildman–Crippen LogP) is 3.44. The van der Waals surface area contributed by atoms with E-state index in [1.807, 2.05) is 0 Å². The molecule has 1 unspecified atom stereocenters. The minimum atomic E-state index is -0.468. The summed E-state index contributed by atoms with van der Waals surface area (Å²) in [6.45, 7) is 1.64. The van der Waals surface area contributed by atoms with Gasteiger partial charge in [0.25, 0.3) is 0 Å². The summed E-state index contributed by atoms with van der Waals surface area (Å²) >= 11 is 7.30. The van der Waals surface area contributed by atoms with Crippen LogP contribution in [0, 0.1) is 6.92 Å². The van der Waals surface area contributed by atoms with E-state index in [2.05, 4.69) is 0 Å². The Bertz CT molecular complexity index is 767. The number of carbonyl (C=O) groups is 1. The van der Waals surface area contributed by atoms with Crippen molar-refractivity contribution in [1.29, 1.82) is 0 Å². The highest BCUT2D eigenvalue weighted by molar-refractivity contribution is 7.99. The van der Waals surface area contributed by atoms with E-state index >= 15 is 0 Å². The van der Waals surface area contributed by atoms with E-state index in [9.17, 15) is 9.59 Å². The number of benzene rings is 1. The topological polar surface area (TPSA) is 56.5 Å². The predicted molar refractivity (Wildman–Crippen MR) is 85.1 cm³/mol. The highest BCUT2D eigenvalue weighted by Crippen LogP contribution is 2.38. The second-order valence-corrected chi connectivity index (χ2v) is 6.49. The first kappa shape index (κ1) is 15.2. The standard InChI is InChI=1S/C16H13ClO4S/c1-9-6-14-15(16(19)21-9)12(8-22-14)13(18)7-20-11-4-2-10(17)3-5-11/h2-6,12H,7-8H2,1H3. The van der Waals surface area contributed by atoms with Gasteiger partial charge in [0, 0.05) is 15.7 Å². The number of aryl methyl sites for hydroxylation is 1. The van der Waals surface area contributed by atoms with Gasteiger partial charge < -0.3 is 9.15 Å². The van der Waals surface area contributed by atoms with Crippen molar-refractivity contribution >= 4 is 29.1 Å². The molecule has 1 aliphatic heterocycles. The van der Waals surface area contributed by atoms with E-state index in [0.717, 1.165) is 4.90 Å². The summed E-state index contributed by atoms with van der Waals surface area (Å²) in [5.74, 6) is 1.08. The van der Waals surface area contributed by atoms with Gasteiger partial charge in [-0.05, 0) is 37.3 Å². The van der Waals surface area contributed by atoms with Crippen molar-refractivity contribution in [1.82, 2.24) is 0 Å². The smallest absolute Gasteiger partial charge is 0.340 e. The Morgan fingerprint density at radius 3 is 2.86 bits per heavy atom. The van der Waals surface area contributed by atoms with Gasteiger partial charge in [-0.1, -0.05) is 11.6 Å². The molecule has 3 rings (SSSR count). The molecule has 1 aromatic heterocycles. The third-order valence-corrected chi connectivity index (χ3v) is 4.81. The van der Waals surface area contributed by atoms with Crippen LogP contribution in [0.5, 0.6) is 5.75 Å². The van der Waals surface area contributed by atoms with Crippen molar-refractivity contribution in [3.8, 4) is 5.75 Å². The van der Waals surface area contributed by atoms with Crippen molar-refractivity contribution in [2.24, 2.45) is 0 Å². The van der Waals surface area contributed by atoms with Crippen LogP contribution in [0.2, 0.25) is 5.02 Å². The van der Waals surface area contributed by atoms with Gasteiger partial charge >= 0.3 is 5.63 Å². The number of hydrogen-bond donors (Lipinski definition) is 0. The average molecular weight is 337 g/mol. The lowest BCUT2D eigenvalue weighted by Gasteiger charge is -2.10. The van der Waals surface area contributed by atoms with Crippen molar-refractivity contribution < 1.29 is 13.9 Å². The Hall–Kier alpha value is -1.72. The number of ether oxygens (including phenoxy) is 1. The maximum Gasteiger partial charge on any atom is 0.340 e. The minimum absolute atomic E-state index is 0.0837. The maximum absolute atomic E-state index is 12.3. The van der Waals surface area contributed by atoms with Crippen LogP contribution in [0.25, 0.3) is 0 Å². The average Bonchev–Trinajstić information content (AvgIpc) is 2.90. The quantitative estimate of drug-likeness (QED) is 0.856. The van der Waals surface area contributed by atoms with Gasteiger partial charge in [-0.15, -0.1) is 11.8 Å². The molecule has 0 radical (unpaired) electrons. The molecule has 2 aromatic rings. The molecule has 0 fully saturated rings. The SMILES string of the molecule is Cc1cc2c(c(=O)o1)C(C(=O)COc1ccc(Cl)cc1)CS2. The number of halogens is 1. The molecule has 114 valence electrons. The Balaban J connectivity index is 1.73. The molecule has 4 nitrogen and oxygen atoms in total. The molecule has 1 aromatic carbocycles. The molecule has 22 heavy (non-hydrogen) atoms. The summed E-state index contributed by atoms with van der Waals surface area (Å²) in [4.78, 5) is 25.1. The molecule has 0 N–H and O–H groups in total. The van der Waals surface area contributed by atoms with E-state index in [1.54, 1.807) is 37.3 Å². The lowest BCUT2D eigenvalue weighted by atomic mass is 9.99. The summed E-state index contributed by atoms with van der Waals surface area (Å²) in [6.07, 6.45) is 0. The van der Waals surface area contributed by atoms with Crippen molar-refractivity contribution in [2.45, 2.75) is 17.7 Å². The Morgan fingerprint density at radius 2 is 2.14 bits per heavy atom. The number of hydrogen-bond acceptors (Lipinski definition) is 5. The Labute approximate surface area is 136 Å². The number of Topliss-reactive ketones (excluding diaryl/α,β-unsaturated/α-hetero) is 1. The van der Waals surface area contributed by atoms with Gasteiger partial charge in [0.2, 0.25) is 0 Å². The van der Waals surface area contributed by atoms with Gasteiger partial charge in [0.1, 0.15) is 18.1 Å². The highest BCUT2D eigenvalue weighted by atomic mass is 35.5. The third-order valence-electron chi connectivity index (χ3n) is 3.41. The number of fused-ring (bicyclic) bond motifs is 1. The molecule has 1 atom stereocenters. The second-order valence-electron chi connectivity index (χ2n) is 4.99. The lowest BCUT2D eigenvalue weighted by molar-refractivity contribution is -0.122. The minimum Gasteiger partial charge on any atom is -0.486 e. The van der Waals surface area contributed by atoms with E-state index in [0.29, 0.717) is 27.8 Å². The normalized spacial score (nSPS) is 16.4. The summed E-state index contributed by atoms with van der Waals surface area (Å²) in [5, 5.41) is 0.604. The fourth-order valence-corrected chi connectivity index (χ4v) is 3.78. The molecule has 6 heteroatoms. The number of thioether (sulfide) groups is 1. The Morgan fingerprint density at radius 1 is 1.41 bits per heavy atom. The van der Waals surface area contributed by atoms with E-state index in [4.69, 9.17) is 20.8 Å². The summed E-state index contributed by atoms with van der Waals surface area (Å²) in [5.41, 5.74) is 0.0325. The molecule has 0 spiro atoms.